The molecule has 4 bridgehead atoms. The number of fused-ring (bicyclic) bond motifs is 1. The lowest BCUT2D eigenvalue weighted by atomic mass is 9.49. The highest BCUT2D eigenvalue weighted by molar-refractivity contribution is 5.83. The van der Waals surface area contributed by atoms with Crippen LogP contribution in [0.2, 0.25) is 0 Å². The van der Waals surface area contributed by atoms with Crippen LogP contribution >= 0.6 is 0 Å². The Kier molecular flexibility index (Phi) is 9.29. The van der Waals surface area contributed by atoms with E-state index in [0.717, 1.165) is 109 Å². The maximum Gasteiger partial charge on any atom is 0.220 e. The van der Waals surface area contributed by atoms with Crippen LogP contribution in [0.5, 0.6) is 0 Å². The molecule has 5 fully saturated rings. The average molecular weight is 676 g/mol. The summed E-state index contributed by atoms with van der Waals surface area (Å²) < 4.78 is 2.02. The first-order chi connectivity index (χ1) is 24.4. The molecule has 4 aromatic rings. The molecule has 264 valence electrons. The standard InChI is InChI=1S/C41H53N7O2/c1-29-39(33-8-4-3-5-9-33)40-43-36(24-38(48(40)44-29)47-16-14-46(15-17-47)18-19-49)34-10-6-11-35(23-34)45(2)13-7-12-42-37(50)28-41-25-30-20-31(26-41)22-32(21-30)27-41/h3-6,8-11,23-24,30-32,49H,7,12-22,25-28H2,1-2H3,(H,42,50). The van der Waals surface area contributed by atoms with E-state index in [-0.39, 0.29) is 12.5 Å². The van der Waals surface area contributed by atoms with Crippen LogP contribution in [0, 0.1) is 30.1 Å². The van der Waals surface area contributed by atoms with Gasteiger partial charge < -0.3 is 20.2 Å². The number of amides is 1. The summed E-state index contributed by atoms with van der Waals surface area (Å²) in [5.74, 6) is 3.94. The van der Waals surface area contributed by atoms with E-state index in [2.05, 4.69) is 88.6 Å². The summed E-state index contributed by atoms with van der Waals surface area (Å²) in [6.45, 7) is 8.05. The molecule has 5 aliphatic rings. The molecular weight excluding hydrogens is 622 g/mol. The van der Waals surface area contributed by atoms with Gasteiger partial charge in [0.25, 0.3) is 0 Å². The number of nitrogens with one attached hydrogen (secondary N) is 1. The summed E-state index contributed by atoms with van der Waals surface area (Å²) in [7, 11) is 2.14. The van der Waals surface area contributed by atoms with Gasteiger partial charge in [0.05, 0.1) is 18.0 Å². The molecule has 2 N–H and O–H groups in total. The first-order valence-electron chi connectivity index (χ1n) is 19.0. The predicted octanol–water partition coefficient (Wildman–Crippen LogP) is 6.04. The maximum atomic E-state index is 13.1. The summed E-state index contributed by atoms with van der Waals surface area (Å²) >= 11 is 0. The second-order valence-electron chi connectivity index (χ2n) is 15.9. The molecule has 1 saturated heterocycles. The van der Waals surface area contributed by atoms with Crippen LogP contribution < -0.4 is 15.1 Å². The Labute approximate surface area is 296 Å². The number of aryl methyl sites for hydroxylation is 1. The third-order valence-corrected chi connectivity index (χ3v) is 12.2. The Morgan fingerprint density at radius 1 is 0.940 bits per heavy atom. The molecule has 3 heterocycles. The predicted molar refractivity (Wildman–Crippen MR) is 200 cm³/mol. The summed E-state index contributed by atoms with van der Waals surface area (Å²) in [6, 6.07) is 21.3. The number of carbonyl (C=O) groups excluding carboxylic acids is 1. The zero-order chi connectivity index (χ0) is 34.2. The molecule has 4 aliphatic carbocycles. The normalized spacial score (nSPS) is 24.6. The van der Waals surface area contributed by atoms with Crippen LogP contribution in [0.15, 0.2) is 60.7 Å². The Hall–Kier alpha value is -3.95. The first kappa shape index (κ1) is 33.2. The van der Waals surface area contributed by atoms with E-state index in [1.807, 2.05) is 10.6 Å². The number of aliphatic hydroxyl groups is 1. The molecule has 9 heteroatoms. The van der Waals surface area contributed by atoms with Gasteiger partial charge in [0, 0.05) is 82.2 Å². The van der Waals surface area contributed by atoms with Gasteiger partial charge in [0.15, 0.2) is 5.65 Å². The van der Waals surface area contributed by atoms with Crippen LogP contribution in [0.3, 0.4) is 0 Å². The van der Waals surface area contributed by atoms with Crippen molar-refractivity contribution in [3.05, 3.63) is 66.4 Å². The Balaban J connectivity index is 0.974. The molecule has 2 aromatic carbocycles. The minimum absolute atomic E-state index is 0.184. The number of rotatable bonds is 12. The monoisotopic (exact) mass is 675 g/mol. The highest BCUT2D eigenvalue weighted by Gasteiger charge is 2.51. The molecule has 9 nitrogen and oxygen atoms in total. The summed E-state index contributed by atoms with van der Waals surface area (Å²) in [5, 5.41) is 17.8. The Morgan fingerprint density at radius 2 is 1.64 bits per heavy atom. The third-order valence-electron chi connectivity index (χ3n) is 12.2. The number of aromatic nitrogens is 3. The smallest absolute Gasteiger partial charge is 0.220 e. The van der Waals surface area contributed by atoms with E-state index >= 15 is 0 Å². The van der Waals surface area contributed by atoms with E-state index in [4.69, 9.17) is 10.1 Å². The van der Waals surface area contributed by atoms with Crippen LogP contribution in [0.25, 0.3) is 28.0 Å². The van der Waals surface area contributed by atoms with Crippen molar-refractivity contribution in [2.75, 3.05) is 69.3 Å². The lowest BCUT2D eigenvalue weighted by molar-refractivity contribution is -0.129. The second kappa shape index (κ2) is 14.0. The number of anilines is 2. The maximum absolute atomic E-state index is 13.1. The molecule has 0 atom stereocenters. The van der Waals surface area contributed by atoms with Crippen molar-refractivity contribution >= 4 is 23.1 Å². The first-order valence-corrected chi connectivity index (χ1v) is 19.0. The zero-order valence-electron chi connectivity index (χ0n) is 29.9. The van der Waals surface area contributed by atoms with Gasteiger partial charge in [-0.3, -0.25) is 9.69 Å². The number of piperazine rings is 1. The number of aliphatic hydroxyl groups excluding tert-OH is 1. The van der Waals surface area contributed by atoms with Gasteiger partial charge in [-0.25, -0.2) is 4.98 Å². The van der Waals surface area contributed by atoms with Crippen molar-refractivity contribution in [2.24, 2.45) is 23.2 Å². The summed E-state index contributed by atoms with van der Waals surface area (Å²) in [5.41, 5.74) is 7.41. The molecule has 0 spiro atoms. The SMILES string of the molecule is Cc1nn2c(N3CCN(CCO)CC3)cc(-c3cccc(N(C)CCCNC(=O)CC45CC6CC(CC(C6)C4)C5)c3)nc2c1-c1ccccc1. The van der Waals surface area contributed by atoms with Crippen molar-refractivity contribution in [1.29, 1.82) is 0 Å². The van der Waals surface area contributed by atoms with E-state index < -0.39 is 0 Å². The van der Waals surface area contributed by atoms with Gasteiger partial charge in [-0.15, -0.1) is 0 Å². The molecule has 50 heavy (non-hydrogen) atoms. The average Bonchev–Trinajstić information content (AvgIpc) is 3.45. The van der Waals surface area contributed by atoms with Crippen LogP contribution in [-0.2, 0) is 4.79 Å². The lowest BCUT2D eigenvalue weighted by Gasteiger charge is -2.56. The van der Waals surface area contributed by atoms with Gasteiger partial charge in [0.2, 0.25) is 5.91 Å². The van der Waals surface area contributed by atoms with E-state index in [0.29, 0.717) is 18.5 Å². The molecule has 2 aromatic heterocycles. The molecule has 4 saturated carbocycles. The minimum Gasteiger partial charge on any atom is -0.395 e. The minimum atomic E-state index is 0.184. The quantitative estimate of drug-likeness (QED) is 0.177. The van der Waals surface area contributed by atoms with Gasteiger partial charge in [-0.05, 0) is 92.7 Å². The van der Waals surface area contributed by atoms with E-state index in [1.54, 1.807) is 0 Å². The Bertz CT molecular complexity index is 1780. The number of β-amino-alcohol motifs (C(OH)–C–C–N with tert-alkyl or cyclic N) is 1. The number of nitrogens with zero attached hydrogens (tertiary/aromatic N) is 6. The molecule has 0 unspecified atom stereocenters. The van der Waals surface area contributed by atoms with Crippen molar-refractivity contribution in [1.82, 2.24) is 24.8 Å². The Morgan fingerprint density at radius 3 is 2.34 bits per heavy atom. The van der Waals surface area contributed by atoms with Crippen molar-refractivity contribution in [3.8, 4) is 22.4 Å². The molecule has 1 amide bonds. The highest BCUT2D eigenvalue weighted by Crippen LogP contribution is 2.61. The number of carbonyl (C=O) groups is 1. The molecule has 1 aliphatic heterocycles. The van der Waals surface area contributed by atoms with Crippen LogP contribution in [0.4, 0.5) is 11.5 Å². The number of hydrogen-bond acceptors (Lipinski definition) is 7. The van der Waals surface area contributed by atoms with Crippen LogP contribution in [-0.4, -0.2) is 90.0 Å². The van der Waals surface area contributed by atoms with Gasteiger partial charge in [0.1, 0.15) is 5.82 Å². The topological polar surface area (TPSA) is 89.2 Å². The number of benzene rings is 2. The lowest BCUT2D eigenvalue weighted by Crippen LogP contribution is -2.48. The fourth-order valence-electron chi connectivity index (χ4n) is 10.3. The van der Waals surface area contributed by atoms with Crippen molar-refractivity contribution in [3.63, 3.8) is 0 Å². The fourth-order valence-corrected chi connectivity index (χ4v) is 10.3. The van der Waals surface area contributed by atoms with Crippen molar-refractivity contribution < 1.29 is 9.90 Å². The zero-order valence-corrected chi connectivity index (χ0v) is 29.9. The largest absolute Gasteiger partial charge is 0.395 e. The fraction of sp³-hybridized carbons (Fsp3) is 0.537. The second-order valence-corrected chi connectivity index (χ2v) is 15.9. The third kappa shape index (κ3) is 6.74. The van der Waals surface area contributed by atoms with Gasteiger partial charge in [-0.2, -0.15) is 9.61 Å². The van der Waals surface area contributed by atoms with E-state index in [9.17, 15) is 9.90 Å². The highest BCUT2D eigenvalue weighted by atomic mass is 16.3. The molecular formula is C41H53N7O2. The summed E-state index contributed by atoms with van der Waals surface area (Å²) in [6.07, 6.45) is 9.73. The van der Waals surface area contributed by atoms with E-state index in [1.165, 1.54) is 38.5 Å². The van der Waals surface area contributed by atoms with Gasteiger partial charge in [-0.1, -0.05) is 42.5 Å². The van der Waals surface area contributed by atoms with Crippen LogP contribution in [0.1, 0.15) is 57.1 Å². The summed E-state index contributed by atoms with van der Waals surface area (Å²) in [4.78, 5) is 25.4. The molecule has 9 rings (SSSR count). The number of hydrogen-bond donors (Lipinski definition) is 2. The van der Waals surface area contributed by atoms with Gasteiger partial charge >= 0.3 is 0 Å². The molecule has 0 radical (unpaired) electrons. The van der Waals surface area contributed by atoms with Crippen molar-refractivity contribution in [2.45, 2.75) is 58.3 Å².